The van der Waals surface area contributed by atoms with Crippen molar-refractivity contribution in [3.63, 3.8) is 0 Å². The number of hydrogen-bond donors (Lipinski definition) is 3. The number of esters is 2. The van der Waals surface area contributed by atoms with E-state index in [0.29, 0.717) is 12.3 Å². The number of ketones is 1. The molecule has 5 aliphatic carbocycles. The summed E-state index contributed by atoms with van der Waals surface area (Å²) in [4.78, 5) is 38.3. The Hall–Kier alpha value is -1.63. The van der Waals surface area contributed by atoms with Crippen molar-refractivity contribution >= 4 is 17.7 Å². The normalized spacial score (nSPS) is 50.8. The molecule has 50 heavy (non-hydrogen) atoms. The molecule has 11 nitrogen and oxygen atoms in total. The molecule has 7 aliphatic rings. The number of hydrogen-bond acceptors (Lipinski definition) is 11. The lowest BCUT2D eigenvalue weighted by Crippen LogP contribution is -2.61. The predicted octanol–water partition coefficient (Wildman–Crippen LogP) is 4.11. The van der Waals surface area contributed by atoms with E-state index in [0.717, 1.165) is 44.9 Å². The van der Waals surface area contributed by atoms with E-state index in [-0.39, 0.29) is 70.2 Å². The molecule has 0 amide bonds. The summed E-state index contributed by atoms with van der Waals surface area (Å²) in [5.41, 5.74) is -1.48. The van der Waals surface area contributed by atoms with Gasteiger partial charge in [-0.3, -0.25) is 14.4 Å². The van der Waals surface area contributed by atoms with Gasteiger partial charge in [-0.05, 0) is 105 Å². The van der Waals surface area contributed by atoms with Crippen LogP contribution in [-0.4, -0.2) is 94.3 Å². The number of aliphatic hydroxyl groups is 3. The molecule has 5 saturated carbocycles. The van der Waals surface area contributed by atoms with E-state index in [9.17, 15) is 29.7 Å². The standard InChI is InChI=1S/C39H60O11/c1-19(16-23(47-20(2)40)32-35(6,7)50-32)27-29(44)31(45)37(9)25-11-10-24-34(4,5)26(12-13-38(24)18-39(25,38)15-14-36(27,37)8)49-33-30(48-21(3)41)28(43)22(42)17-46-33/h19,22-28,30-33,42-43,45H,10-18H2,1-9H3/t19-,22+,23-,24+,25+,26+,27+,28+,30-,31?,32+,33+,36-,37-,38-,39+/m1/s1. The molecule has 11 heteroatoms. The van der Waals surface area contributed by atoms with Gasteiger partial charge in [-0.25, -0.2) is 0 Å². The van der Waals surface area contributed by atoms with Gasteiger partial charge in [0, 0.05) is 25.2 Å². The molecule has 0 aromatic rings. The van der Waals surface area contributed by atoms with E-state index in [4.69, 9.17) is 23.7 Å². The molecule has 2 spiro atoms. The highest BCUT2D eigenvalue weighted by molar-refractivity contribution is 5.90. The molecule has 0 aromatic heterocycles. The van der Waals surface area contributed by atoms with E-state index in [1.807, 2.05) is 13.8 Å². The fraction of sp³-hybridized carbons (Fsp3) is 0.923. The molecule has 16 atom stereocenters. The summed E-state index contributed by atoms with van der Waals surface area (Å²) in [6, 6.07) is 0. The first-order valence-electron chi connectivity index (χ1n) is 19.1. The molecule has 2 aliphatic heterocycles. The summed E-state index contributed by atoms with van der Waals surface area (Å²) in [6.07, 6.45) is 0.594. The average molecular weight is 705 g/mol. The number of ether oxygens (including phenoxy) is 5. The summed E-state index contributed by atoms with van der Waals surface area (Å²) in [6.45, 7) is 17.6. The first kappa shape index (κ1) is 36.7. The highest BCUT2D eigenvalue weighted by Gasteiger charge is 2.84. The van der Waals surface area contributed by atoms with Gasteiger partial charge in [0.25, 0.3) is 0 Å². The Balaban J connectivity index is 1.11. The Morgan fingerprint density at radius 2 is 1.56 bits per heavy atom. The van der Waals surface area contributed by atoms with Gasteiger partial charge in [0.1, 0.15) is 30.5 Å². The first-order chi connectivity index (χ1) is 23.2. The lowest BCUT2D eigenvalue weighted by molar-refractivity contribution is -0.305. The van der Waals surface area contributed by atoms with Crippen molar-refractivity contribution in [3.05, 3.63) is 0 Å². The number of fused-ring (bicyclic) bond motifs is 2. The van der Waals surface area contributed by atoms with Gasteiger partial charge < -0.3 is 39.0 Å². The highest BCUT2D eigenvalue weighted by Crippen LogP contribution is 2.89. The number of Topliss-reactive ketones (excluding diaryl/α,β-unsaturated/α-hetero) is 1. The maximum atomic E-state index is 14.3. The lowest BCUT2D eigenvalue weighted by atomic mass is 9.41. The molecule has 0 aromatic carbocycles. The molecular weight excluding hydrogens is 644 g/mol. The Kier molecular flexibility index (Phi) is 8.58. The van der Waals surface area contributed by atoms with Gasteiger partial charge in [-0.2, -0.15) is 0 Å². The van der Waals surface area contributed by atoms with Crippen LogP contribution in [0.2, 0.25) is 0 Å². The number of carbonyl (C=O) groups is 3. The smallest absolute Gasteiger partial charge is 0.303 e. The largest absolute Gasteiger partial charge is 0.460 e. The van der Waals surface area contributed by atoms with Gasteiger partial charge in [-0.1, -0.05) is 34.6 Å². The summed E-state index contributed by atoms with van der Waals surface area (Å²) < 4.78 is 29.5. The molecular formula is C39H60O11. The minimum absolute atomic E-state index is 0.0415. The Bertz CT molecular complexity index is 1410. The lowest BCUT2D eigenvalue weighted by Gasteiger charge is -2.63. The number of carbonyl (C=O) groups excluding carboxylic acids is 3. The van der Waals surface area contributed by atoms with E-state index in [2.05, 4.69) is 34.6 Å². The summed E-state index contributed by atoms with van der Waals surface area (Å²) >= 11 is 0. The van der Waals surface area contributed by atoms with Crippen LogP contribution in [0, 0.1) is 50.7 Å². The number of aliphatic hydroxyl groups excluding tert-OH is 3. The highest BCUT2D eigenvalue weighted by atomic mass is 16.7. The predicted molar refractivity (Wildman–Crippen MR) is 179 cm³/mol. The van der Waals surface area contributed by atoms with Crippen molar-refractivity contribution in [2.24, 2.45) is 50.7 Å². The third-order valence-electron chi connectivity index (χ3n) is 15.9. The van der Waals surface area contributed by atoms with Gasteiger partial charge in [0.15, 0.2) is 18.2 Å². The van der Waals surface area contributed by atoms with Crippen molar-refractivity contribution in [1.82, 2.24) is 0 Å². The minimum Gasteiger partial charge on any atom is -0.460 e. The molecule has 1 unspecified atom stereocenters. The molecule has 3 N–H and O–H groups in total. The topological polar surface area (TPSA) is 161 Å². The monoisotopic (exact) mass is 704 g/mol. The van der Waals surface area contributed by atoms with Crippen LogP contribution >= 0.6 is 0 Å². The maximum Gasteiger partial charge on any atom is 0.303 e. The second-order valence-corrected chi connectivity index (χ2v) is 19.0. The zero-order chi connectivity index (χ0) is 36.6. The van der Waals surface area contributed by atoms with Crippen LogP contribution in [0.5, 0.6) is 0 Å². The van der Waals surface area contributed by atoms with Gasteiger partial charge in [-0.15, -0.1) is 0 Å². The molecule has 2 heterocycles. The average Bonchev–Trinajstić information content (AvgIpc) is 3.87. The third-order valence-corrected chi connectivity index (χ3v) is 15.9. The van der Waals surface area contributed by atoms with Gasteiger partial charge >= 0.3 is 11.9 Å². The maximum absolute atomic E-state index is 14.3. The van der Waals surface area contributed by atoms with E-state index in [1.165, 1.54) is 13.8 Å². The third kappa shape index (κ3) is 4.99. The molecule has 7 rings (SSSR count). The van der Waals surface area contributed by atoms with Crippen molar-refractivity contribution < 1.29 is 53.4 Å². The summed E-state index contributed by atoms with van der Waals surface area (Å²) in [7, 11) is 0. The molecule has 282 valence electrons. The van der Waals surface area contributed by atoms with Crippen molar-refractivity contribution in [2.75, 3.05) is 6.61 Å². The second-order valence-electron chi connectivity index (χ2n) is 19.0. The van der Waals surface area contributed by atoms with E-state index >= 15 is 0 Å². The van der Waals surface area contributed by atoms with Gasteiger partial charge in [0.05, 0.1) is 18.3 Å². The van der Waals surface area contributed by atoms with Crippen LogP contribution in [0.4, 0.5) is 0 Å². The molecule has 0 bridgehead atoms. The summed E-state index contributed by atoms with van der Waals surface area (Å²) in [5, 5.41) is 32.9. The zero-order valence-electron chi connectivity index (χ0n) is 31.4. The first-order valence-corrected chi connectivity index (χ1v) is 19.1. The van der Waals surface area contributed by atoms with Gasteiger partial charge in [0.2, 0.25) is 0 Å². The Labute approximate surface area is 296 Å². The zero-order valence-corrected chi connectivity index (χ0v) is 31.4. The quantitative estimate of drug-likeness (QED) is 0.190. The van der Waals surface area contributed by atoms with Crippen LogP contribution in [0.25, 0.3) is 0 Å². The fourth-order valence-corrected chi connectivity index (χ4v) is 13.5. The van der Waals surface area contributed by atoms with Crippen LogP contribution in [-0.2, 0) is 38.1 Å². The second kappa shape index (κ2) is 11.7. The van der Waals surface area contributed by atoms with Crippen LogP contribution < -0.4 is 0 Å². The van der Waals surface area contributed by atoms with Crippen molar-refractivity contribution in [2.45, 2.75) is 168 Å². The van der Waals surface area contributed by atoms with Crippen LogP contribution in [0.15, 0.2) is 0 Å². The Morgan fingerprint density at radius 1 is 0.920 bits per heavy atom. The Morgan fingerprint density at radius 3 is 2.18 bits per heavy atom. The van der Waals surface area contributed by atoms with E-state index < -0.39 is 53.6 Å². The SMILES string of the molecule is CC(=O)O[C@H]1[C@H](O[C@H]2CC[C@]34C[C@]35CC[C@]3(C)[C@@H]([C@H](C)C[C@@H](OC(C)=O)[C@@H]6OC6(C)C)C(=O)C(O)[C@@]3(C)[C@@H]5CC[C@H]4C2(C)C)OC[C@H](O)[C@@H]1O. The van der Waals surface area contributed by atoms with Crippen LogP contribution in [0.3, 0.4) is 0 Å². The minimum atomic E-state index is -1.30. The van der Waals surface area contributed by atoms with E-state index in [1.54, 1.807) is 0 Å². The number of epoxide rings is 1. The summed E-state index contributed by atoms with van der Waals surface area (Å²) in [5.74, 6) is -0.887. The molecule has 2 saturated heterocycles. The number of rotatable bonds is 8. The molecule has 0 radical (unpaired) electrons. The fourth-order valence-electron chi connectivity index (χ4n) is 13.5. The van der Waals surface area contributed by atoms with Crippen molar-refractivity contribution in [1.29, 1.82) is 0 Å². The molecule has 7 fully saturated rings. The van der Waals surface area contributed by atoms with Crippen LogP contribution in [0.1, 0.15) is 114 Å². The van der Waals surface area contributed by atoms with Crippen molar-refractivity contribution in [3.8, 4) is 0 Å².